The minimum atomic E-state index is -0.779. The lowest BCUT2D eigenvalue weighted by atomic mass is 9.87. The number of methoxy groups -OCH3 is 1. The standard InChI is InChI=1S/C52H60O15.C6H14O/c1-4-46(53)62-33-9-7-6-8-32-61-39-20-10-35(11-21-39)14-30-48(55)64-41-24-16-37(17-25-41)50(57)66-43-28-29-45(44(34-43)52(59)60-3)67-51(58)38-18-26-42(27-19-38)65-49(56)31-15-36-12-22-40(23-13-36)63-47(54)5-2;1-3-5-7-6-4-2/h4-5,10-13,20-23,28-29,34,37-38,41-42H,1-2,6-9,14-19,24-27,30-33H2,3H3;3-6H2,1-2H3. The molecule has 402 valence electrons. The van der Waals surface area contributed by atoms with Gasteiger partial charge in [0.25, 0.3) is 0 Å². The Kier molecular flexibility index (Phi) is 27.3. The number of ether oxygens (including phenoxy) is 9. The van der Waals surface area contributed by atoms with Gasteiger partial charge in [0.15, 0.2) is 0 Å². The van der Waals surface area contributed by atoms with Crippen LogP contribution in [0.15, 0.2) is 92.0 Å². The Labute approximate surface area is 435 Å². The summed E-state index contributed by atoms with van der Waals surface area (Å²) in [5.41, 5.74) is 1.78. The molecule has 5 rings (SSSR count). The first-order valence-electron chi connectivity index (χ1n) is 25.9. The van der Waals surface area contributed by atoms with Crippen molar-refractivity contribution >= 4 is 41.8 Å². The molecule has 2 aliphatic carbocycles. The van der Waals surface area contributed by atoms with Gasteiger partial charge >= 0.3 is 41.8 Å². The normalized spacial score (nSPS) is 16.9. The highest BCUT2D eigenvalue weighted by Crippen LogP contribution is 2.33. The number of hydrogen-bond donors (Lipinski definition) is 0. The Morgan fingerprint density at radius 3 is 1.53 bits per heavy atom. The third-order valence-electron chi connectivity index (χ3n) is 12.3. The molecule has 16 nitrogen and oxygen atoms in total. The Morgan fingerprint density at radius 2 is 1.03 bits per heavy atom. The average molecular weight is 1030 g/mol. The molecule has 3 aromatic carbocycles. The molecule has 2 saturated carbocycles. The lowest BCUT2D eigenvalue weighted by molar-refractivity contribution is -0.153. The van der Waals surface area contributed by atoms with E-state index < -0.39 is 41.7 Å². The second-order valence-corrected chi connectivity index (χ2v) is 18.1. The van der Waals surface area contributed by atoms with E-state index in [-0.39, 0.29) is 54.1 Å². The average Bonchev–Trinajstić information content (AvgIpc) is 3.41. The molecule has 0 spiro atoms. The van der Waals surface area contributed by atoms with Crippen LogP contribution in [-0.4, -0.2) is 87.5 Å². The van der Waals surface area contributed by atoms with E-state index in [0.717, 1.165) is 80.8 Å². The molecule has 0 radical (unpaired) electrons. The predicted molar refractivity (Wildman–Crippen MR) is 275 cm³/mol. The minimum Gasteiger partial charge on any atom is -0.494 e. The fourth-order valence-electron chi connectivity index (χ4n) is 8.14. The summed E-state index contributed by atoms with van der Waals surface area (Å²) >= 11 is 0. The maximum absolute atomic E-state index is 13.2. The van der Waals surface area contributed by atoms with E-state index in [1.54, 1.807) is 24.3 Å². The lowest BCUT2D eigenvalue weighted by Gasteiger charge is -2.27. The Morgan fingerprint density at radius 1 is 0.541 bits per heavy atom. The fraction of sp³-hybridized carbons (Fsp3) is 0.500. The van der Waals surface area contributed by atoms with Gasteiger partial charge in [-0.1, -0.05) is 51.3 Å². The second kappa shape index (κ2) is 33.8. The van der Waals surface area contributed by atoms with E-state index in [1.807, 2.05) is 24.3 Å². The topological polar surface area (TPSA) is 203 Å². The summed E-state index contributed by atoms with van der Waals surface area (Å²) in [5, 5.41) is 0. The Bertz CT molecular complexity index is 2250. The molecule has 0 saturated heterocycles. The van der Waals surface area contributed by atoms with Crippen LogP contribution in [0.5, 0.6) is 23.0 Å². The molecular weight excluding hydrogens is 953 g/mol. The SMILES string of the molecule is C=CC(=O)OCCCCCCOc1ccc(CCC(=O)OC2CCC(C(=O)Oc3ccc(OC(=O)C4CCC(OC(=O)CCc5ccc(OC(=O)C=C)cc5)CC4)c(C(=O)OC)c3)CC2)cc1.CCCOCCC. The van der Waals surface area contributed by atoms with E-state index >= 15 is 0 Å². The summed E-state index contributed by atoms with van der Waals surface area (Å²) in [6.07, 6.45) is 12.5. The molecule has 0 aliphatic heterocycles. The van der Waals surface area contributed by atoms with E-state index in [9.17, 15) is 33.6 Å². The quantitative estimate of drug-likeness (QED) is 0.0218. The highest BCUT2D eigenvalue weighted by molar-refractivity contribution is 5.94. The van der Waals surface area contributed by atoms with Crippen molar-refractivity contribution in [3.63, 3.8) is 0 Å². The van der Waals surface area contributed by atoms with E-state index in [0.29, 0.717) is 83.2 Å². The molecular formula is C58H74O16. The first-order valence-corrected chi connectivity index (χ1v) is 25.9. The molecule has 0 bridgehead atoms. The van der Waals surface area contributed by atoms with Crippen molar-refractivity contribution in [2.75, 3.05) is 33.5 Å². The zero-order chi connectivity index (χ0) is 53.5. The van der Waals surface area contributed by atoms with Crippen molar-refractivity contribution in [1.82, 2.24) is 0 Å². The first-order chi connectivity index (χ1) is 35.8. The maximum Gasteiger partial charge on any atom is 0.341 e. The third-order valence-corrected chi connectivity index (χ3v) is 12.3. The predicted octanol–water partition coefficient (Wildman–Crippen LogP) is 10.3. The van der Waals surface area contributed by atoms with Crippen LogP contribution in [-0.2, 0) is 65.3 Å². The van der Waals surface area contributed by atoms with Crippen molar-refractivity contribution in [1.29, 1.82) is 0 Å². The van der Waals surface area contributed by atoms with Crippen LogP contribution in [0.2, 0.25) is 0 Å². The molecule has 2 fully saturated rings. The van der Waals surface area contributed by atoms with Crippen molar-refractivity contribution < 1.29 is 76.2 Å². The van der Waals surface area contributed by atoms with E-state index in [1.165, 1.54) is 25.3 Å². The van der Waals surface area contributed by atoms with Crippen molar-refractivity contribution in [2.24, 2.45) is 11.8 Å². The first kappa shape index (κ1) is 59.8. The van der Waals surface area contributed by atoms with Crippen molar-refractivity contribution in [2.45, 2.75) is 142 Å². The Balaban J connectivity index is 0.00000158. The summed E-state index contributed by atoms with van der Waals surface area (Å²) in [7, 11) is 1.19. The van der Waals surface area contributed by atoms with Gasteiger partial charge < -0.3 is 42.6 Å². The van der Waals surface area contributed by atoms with Gasteiger partial charge in [0.2, 0.25) is 0 Å². The zero-order valence-corrected chi connectivity index (χ0v) is 43.3. The number of esters is 7. The van der Waals surface area contributed by atoms with Gasteiger partial charge in [-0.05, 0) is 156 Å². The summed E-state index contributed by atoms with van der Waals surface area (Å²) in [5.74, 6) is -3.17. The minimum absolute atomic E-state index is 0.0351. The van der Waals surface area contributed by atoms with Crippen molar-refractivity contribution in [3.8, 4) is 23.0 Å². The van der Waals surface area contributed by atoms with Crippen molar-refractivity contribution in [3.05, 3.63) is 109 Å². The molecule has 0 unspecified atom stereocenters. The largest absolute Gasteiger partial charge is 0.494 e. The fourth-order valence-corrected chi connectivity index (χ4v) is 8.14. The van der Waals surface area contributed by atoms with Gasteiger partial charge in [-0.2, -0.15) is 0 Å². The van der Waals surface area contributed by atoms with Gasteiger partial charge in [-0.3, -0.25) is 19.2 Å². The molecule has 16 heteroatoms. The van der Waals surface area contributed by atoms with Gasteiger partial charge in [-0.25, -0.2) is 14.4 Å². The zero-order valence-electron chi connectivity index (χ0n) is 43.3. The van der Waals surface area contributed by atoms with Gasteiger partial charge in [0.05, 0.1) is 32.2 Å². The summed E-state index contributed by atoms with van der Waals surface area (Å²) in [6, 6.07) is 18.6. The van der Waals surface area contributed by atoms with E-state index in [2.05, 4.69) is 27.0 Å². The smallest absolute Gasteiger partial charge is 0.341 e. The van der Waals surface area contributed by atoms with Crippen LogP contribution >= 0.6 is 0 Å². The number of hydrogen-bond acceptors (Lipinski definition) is 16. The number of carbonyl (C=O) groups excluding carboxylic acids is 7. The maximum atomic E-state index is 13.2. The van der Waals surface area contributed by atoms with Crippen LogP contribution in [0.3, 0.4) is 0 Å². The van der Waals surface area contributed by atoms with Crippen LogP contribution in [0, 0.1) is 11.8 Å². The Hall–Kier alpha value is -6.81. The van der Waals surface area contributed by atoms with Crippen LogP contribution in [0.4, 0.5) is 0 Å². The summed E-state index contributed by atoms with van der Waals surface area (Å²) < 4.78 is 48.6. The van der Waals surface area contributed by atoms with E-state index in [4.69, 9.17) is 42.6 Å². The van der Waals surface area contributed by atoms with Gasteiger partial charge in [0.1, 0.15) is 40.8 Å². The molecule has 0 heterocycles. The number of carbonyl (C=O) groups is 7. The molecule has 0 amide bonds. The molecule has 0 atom stereocenters. The molecule has 3 aromatic rings. The molecule has 2 aliphatic rings. The number of aryl methyl sites for hydroxylation is 2. The molecule has 0 aromatic heterocycles. The van der Waals surface area contributed by atoms with Crippen LogP contribution < -0.4 is 18.9 Å². The number of benzene rings is 3. The van der Waals surface area contributed by atoms with Crippen LogP contribution in [0.1, 0.15) is 138 Å². The molecule has 74 heavy (non-hydrogen) atoms. The number of rotatable bonds is 28. The lowest BCUT2D eigenvalue weighted by Crippen LogP contribution is -2.30. The molecule has 0 N–H and O–H groups in total. The monoisotopic (exact) mass is 1030 g/mol. The summed E-state index contributed by atoms with van der Waals surface area (Å²) in [4.78, 5) is 86.9. The van der Waals surface area contributed by atoms with Gasteiger partial charge in [-0.15, -0.1) is 0 Å². The van der Waals surface area contributed by atoms with Gasteiger partial charge in [0, 0.05) is 38.2 Å². The second-order valence-electron chi connectivity index (χ2n) is 18.1. The highest BCUT2D eigenvalue weighted by Gasteiger charge is 2.32. The van der Waals surface area contributed by atoms with Crippen LogP contribution in [0.25, 0.3) is 0 Å². The third kappa shape index (κ3) is 22.5. The highest BCUT2D eigenvalue weighted by atomic mass is 16.6. The number of unbranched alkanes of at least 4 members (excludes halogenated alkanes) is 3. The summed E-state index contributed by atoms with van der Waals surface area (Å²) in [6.45, 7) is 13.8.